The Morgan fingerprint density at radius 2 is 1.90 bits per heavy atom. The number of hydrogen-bond donors (Lipinski definition) is 1. The minimum Gasteiger partial charge on any atom is -0.493 e. The van der Waals surface area contributed by atoms with E-state index in [1.165, 1.54) is 11.1 Å². The zero-order valence-electron chi connectivity index (χ0n) is 14.4. The van der Waals surface area contributed by atoms with Gasteiger partial charge in [-0.25, -0.2) is 0 Å². The molecular formula is C18H32N2O. The van der Waals surface area contributed by atoms with E-state index in [-0.39, 0.29) is 0 Å². The summed E-state index contributed by atoms with van der Waals surface area (Å²) in [4.78, 5) is 2.34. The van der Waals surface area contributed by atoms with E-state index >= 15 is 0 Å². The Bertz CT molecular complexity index is 418. The molecule has 1 unspecified atom stereocenters. The molecule has 1 aromatic rings. The molecule has 1 rings (SSSR count). The third-order valence-corrected chi connectivity index (χ3v) is 3.99. The van der Waals surface area contributed by atoms with Gasteiger partial charge < -0.3 is 15.4 Å². The molecule has 0 radical (unpaired) electrons. The molecule has 2 N–H and O–H groups in total. The van der Waals surface area contributed by atoms with Crippen LogP contribution in [0.25, 0.3) is 0 Å². The molecule has 0 saturated carbocycles. The summed E-state index contributed by atoms with van der Waals surface area (Å²) in [5.74, 6) is 1.57. The van der Waals surface area contributed by atoms with Gasteiger partial charge in [0.05, 0.1) is 6.61 Å². The van der Waals surface area contributed by atoms with E-state index in [4.69, 9.17) is 10.5 Å². The standard InChI is InChI=1S/C18H32N2O/c1-14(2)17(19)9-11-20(5)10-6-12-21-18-13-15(3)7-8-16(18)4/h7-8,13-14,17H,6,9-12,19H2,1-5H3. The fourth-order valence-corrected chi connectivity index (χ4v) is 2.19. The summed E-state index contributed by atoms with van der Waals surface area (Å²) >= 11 is 0. The normalized spacial score (nSPS) is 13.0. The van der Waals surface area contributed by atoms with E-state index in [9.17, 15) is 0 Å². The van der Waals surface area contributed by atoms with Crippen molar-refractivity contribution in [2.75, 3.05) is 26.7 Å². The summed E-state index contributed by atoms with van der Waals surface area (Å²) in [5.41, 5.74) is 8.53. The molecule has 0 saturated heterocycles. The van der Waals surface area contributed by atoms with Crippen LogP contribution in [0.1, 0.15) is 37.8 Å². The number of nitrogens with two attached hydrogens (primary N) is 1. The molecule has 21 heavy (non-hydrogen) atoms. The first kappa shape index (κ1) is 18.0. The first-order chi connectivity index (χ1) is 9.90. The van der Waals surface area contributed by atoms with Gasteiger partial charge in [-0.05, 0) is 63.4 Å². The SMILES string of the molecule is Cc1ccc(C)c(OCCCN(C)CCC(N)C(C)C)c1. The first-order valence-corrected chi connectivity index (χ1v) is 8.04. The van der Waals surface area contributed by atoms with Gasteiger partial charge in [-0.2, -0.15) is 0 Å². The van der Waals surface area contributed by atoms with Gasteiger partial charge in [0.1, 0.15) is 5.75 Å². The highest BCUT2D eigenvalue weighted by molar-refractivity contribution is 5.35. The maximum atomic E-state index is 6.08. The molecule has 0 aliphatic carbocycles. The lowest BCUT2D eigenvalue weighted by atomic mass is 10.0. The largest absolute Gasteiger partial charge is 0.493 e. The van der Waals surface area contributed by atoms with Crippen molar-refractivity contribution in [3.05, 3.63) is 29.3 Å². The van der Waals surface area contributed by atoms with Gasteiger partial charge in [0.25, 0.3) is 0 Å². The van der Waals surface area contributed by atoms with Crippen molar-refractivity contribution in [3.63, 3.8) is 0 Å². The van der Waals surface area contributed by atoms with Crippen LogP contribution in [0.3, 0.4) is 0 Å². The lowest BCUT2D eigenvalue weighted by molar-refractivity contribution is 0.252. The summed E-state index contributed by atoms with van der Waals surface area (Å²) < 4.78 is 5.88. The Morgan fingerprint density at radius 3 is 2.57 bits per heavy atom. The van der Waals surface area contributed by atoms with Gasteiger partial charge in [0.15, 0.2) is 0 Å². The molecule has 120 valence electrons. The van der Waals surface area contributed by atoms with Gasteiger partial charge in [-0.15, -0.1) is 0 Å². The van der Waals surface area contributed by atoms with E-state index in [2.05, 4.69) is 57.8 Å². The molecule has 1 atom stereocenters. The molecule has 0 aliphatic heterocycles. The van der Waals surface area contributed by atoms with Crippen molar-refractivity contribution in [1.82, 2.24) is 4.90 Å². The Balaban J connectivity index is 2.20. The molecule has 0 bridgehead atoms. The fraction of sp³-hybridized carbons (Fsp3) is 0.667. The van der Waals surface area contributed by atoms with E-state index < -0.39 is 0 Å². The number of benzene rings is 1. The second-order valence-corrected chi connectivity index (χ2v) is 6.47. The van der Waals surface area contributed by atoms with Crippen LogP contribution >= 0.6 is 0 Å². The van der Waals surface area contributed by atoms with Crippen molar-refractivity contribution in [2.45, 2.75) is 46.6 Å². The van der Waals surface area contributed by atoms with E-state index in [0.29, 0.717) is 12.0 Å². The maximum absolute atomic E-state index is 6.08. The highest BCUT2D eigenvalue weighted by Gasteiger charge is 2.08. The quantitative estimate of drug-likeness (QED) is 0.709. The Morgan fingerprint density at radius 1 is 1.19 bits per heavy atom. The second-order valence-electron chi connectivity index (χ2n) is 6.47. The zero-order chi connectivity index (χ0) is 15.8. The number of rotatable bonds is 9. The van der Waals surface area contributed by atoms with Gasteiger partial charge in [-0.1, -0.05) is 26.0 Å². The minimum atomic E-state index is 0.304. The summed E-state index contributed by atoms with van der Waals surface area (Å²) in [6, 6.07) is 6.65. The highest BCUT2D eigenvalue weighted by atomic mass is 16.5. The first-order valence-electron chi connectivity index (χ1n) is 8.04. The molecule has 3 heteroatoms. The predicted octanol–water partition coefficient (Wildman–Crippen LogP) is 3.38. The monoisotopic (exact) mass is 292 g/mol. The third-order valence-electron chi connectivity index (χ3n) is 3.99. The lowest BCUT2D eigenvalue weighted by Crippen LogP contribution is -2.32. The van der Waals surface area contributed by atoms with Crippen LogP contribution in [0.15, 0.2) is 18.2 Å². The maximum Gasteiger partial charge on any atom is 0.122 e. The molecule has 3 nitrogen and oxygen atoms in total. The third kappa shape index (κ3) is 6.96. The molecule has 0 aliphatic rings. The Hall–Kier alpha value is -1.06. The van der Waals surface area contributed by atoms with Crippen LogP contribution in [-0.2, 0) is 0 Å². The van der Waals surface area contributed by atoms with Gasteiger partial charge >= 0.3 is 0 Å². The lowest BCUT2D eigenvalue weighted by Gasteiger charge is -2.21. The topological polar surface area (TPSA) is 38.5 Å². The number of aryl methyl sites for hydroxylation is 2. The van der Waals surface area contributed by atoms with Gasteiger partial charge in [0, 0.05) is 12.6 Å². The number of ether oxygens (including phenoxy) is 1. The average Bonchev–Trinajstić information content (AvgIpc) is 2.44. The van der Waals surface area contributed by atoms with Crippen molar-refractivity contribution in [1.29, 1.82) is 0 Å². The van der Waals surface area contributed by atoms with Crippen LogP contribution in [-0.4, -0.2) is 37.7 Å². The van der Waals surface area contributed by atoms with Crippen LogP contribution < -0.4 is 10.5 Å². The summed E-state index contributed by atoms with van der Waals surface area (Å²) in [6.45, 7) is 11.4. The fourth-order valence-electron chi connectivity index (χ4n) is 2.19. The van der Waals surface area contributed by atoms with Gasteiger partial charge in [0.2, 0.25) is 0 Å². The minimum absolute atomic E-state index is 0.304. The van der Waals surface area contributed by atoms with Crippen molar-refractivity contribution < 1.29 is 4.74 Å². The van der Waals surface area contributed by atoms with Crippen LogP contribution in [0, 0.1) is 19.8 Å². The van der Waals surface area contributed by atoms with Crippen molar-refractivity contribution >= 4 is 0 Å². The van der Waals surface area contributed by atoms with E-state index in [0.717, 1.165) is 38.3 Å². The Labute approximate surface area is 130 Å². The van der Waals surface area contributed by atoms with E-state index in [1.54, 1.807) is 0 Å². The molecular weight excluding hydrogens is 260 g/mol. The molecule has 0 heterocycles. The van der Waals surface area contributed by atoms with E-state index in [1.807, 2.05) is 0 Å². The number of hydrogen-bond acceptors (Lipinski definition) is 3. The molecule has 0 fully saturated rings. The van der Waals surface area contributed by atoms with Gasteiger partial charge in [-0.3, -0.25) is 0 Å². The summed E-state index contributed by atoms with van der Waals surface area (Å²) in [7, 11) is 2.16. The molecule has 0 amide bonds. The van der Waals surface area contributed by atoms with Crippen LogP contribution in [0.2, 0.25) is 0 Å². The van der Waals surface area contributed by atoms with Crippen molar-refractivity contribution in [2.24, 2.45) is 11.7 Å². The smallest absolute Gasteiger partial charge is 0.122 e. The zero-order valence-corrected chi connectivity index (χ0v) is 14.4. The van der Waals surface area contributed by atoms with Crippen molar-refractivity contribution in [3.8, 4) is 5.75 Å². The number of nitrogens with zero attached hydrogens (tertiary/aromatic N) is 1. The summed E-state index contributed by atoms with van der Waals surface area (Å²) in [5, 5.41) is 0. The molecule has 0 aromatic heterocycles. The molecule has 0 spiro atoms. The molecule has 1 aromatic carbocycles. The summed E-state index contributed by atoms with van der Waals surface area (Å²) in [6.07, 6.45) is 2.10. The predicted molar refractivity (Wildman–Crippen MR) is 91.0 cm³/mol. The van der Waals surface area contributed by atoms with Crippen LogP contribution in [0.4, 0.5) is 0 Å². The van der Waals surface area contributed by atoms with Crippen LogP contribution in [0.5, 0.6) is 5.75 Å². The Kier molecular flexibility index (Phi) is 7.76. The second kappa shape index (κ2) is 9.06. The average molecular weight is 292 g/mol. The highest BCUT2D eigenvalue weighted by Crippen LogP contribution is 2.19.